The van der Waals surface area contributed by atoms with Gasteiger partial charge in [0.15, 0.2) is 0 Å². The second kappa shape index (κ2) is 6.34. The highest BCUT2D eigenvalue weighted by Gasteiger charge is 2.62. The standard InChI is InChI=1S/C26H37NO/c1-17-16-22-26(3,15-13-23(28)27(22)4)21-12-14-25(2)19(10-11-20(25)24(17)21)18-8-6-5-7-9-18/h5-9,17,19-22,24H,10-16H2,1-4H3/t17-,19+,20-,21-,22+,24-,25+,26+/m0/s1. The minimum atomic E-state index is 0.325. The molecule has 2 heteroatoms. The van der Waals surface area contributed by atoms with E-state index in [-0.39, 0.29) is 0 Å². The topological polar surface area (TPSA) is 20.3 Å². The molecular weight excluding hydrogens is 342 g/mol. The van der Waals surface area contributed by atoms with Gasteiger partial charge >= 0.3 is 0 Å². The molecule has 4 aliphatic rings. The summed E-state index contributed by atoms with van der Waals surface area (Å²) in [5.41, 5.74) is 2.35. The number of piperidine rings is 1. The molecule has 152 valence electrons. The monoisotopic (exact) mass is 379 g/mol. The van der Waals surface area contributed by atoms with Crippen LogP contribution < -0.4 is 0 Å². The molecular formula is C26H37NO. The fourth-order valence-corrected chi connectivity index (χ4v) is 8.70. The molecule has 1 heterocycles. The predicted molar refractivity (Wildman–Crippen MR) is 114 cm³/mol. The van der Waals surface area contributed by atoms with Gasteiger partial charge in [0.25, 0.3) is 0 Å². The van der Waals surface area contributed by atoms with Gasteiger partial charge in [-0.1, -0.05) is 51.1 Å². The van der Waals surface area contributed by atoms with Gasteiger partial charge in [0.2, 0.25) is 5.91 Å². The summed E-state index contributed by atoms with van der Waals surface area (Å²) < 4.78 is 0. The average molecular weight is 380 g/mol. The summed E-state index contributed by atoms with van der Waals surface area (Å²) in [6.07, 6.45) is 8.57. The first-order valence-corrected chi connectivity index (χ1v) is 11.7. The van der Waals surface area contributed by atoms with Crippen LogP contribution in [0.4, 0.5) is 0 Å². The van der Waals surface area contributed by atoms with E-state index in [4.69, 9.17) is 0 Å². The maximum Gasteiger partial charge on any atom is 0.222 e. The number of benzene rings is 1. The van der Waals surface area contributed by atoms with Crippen LogP contribution in [0.3, 0.4) is 0 Å². The Bertz CT molecular complexity index is 759. The predicted octanol–water partition coefficient (Wildman–Crippen LogP) is 5.88. The second-order valence-corrected chi connectivity index (χ2v) is 11.1. The van der Waals surface area contributed by atoms with Crippen LogP contribution in [0.1, 0.15) is 77.2 Å². The Kier molecular flexibility index (Phi) is 4.24. The molecule has 1 aromatic carbocycles. The first-order chi connectivity index (χ1) is 13.4. The van der Waals surface area contributed by atoms with E-state index in [1.54, 1.807) is 5.56 Å². The van der Waals surface area contributed by atoms with Crippen LogP contribution in [-0.2, 0) is 4.79 Å². The SMILES string of the molecule is C[C@H]1C[C@H]2N(C)C(=O)CC[C@]2(C)[C@H]2CC[C@]3(C)[C@@H](c4ccccc4)CC[C@H]3[C@H]12. The summed E-state index contributed by atoms with van der Waals surface area (Å²) in [5.74, 6) is 4.33. The van der Waals surface area contributed by atoms with Crippen molar-refractivity contribution in [2.75, 3.05) is 7.05 Å². The van der Waals surface area contributed by atoms with E-state index in [1.165, 1.54) is 32.1 Å². The van der Waals surface area contributed by atoms with E-state index in [1.807, 2.05) is 0 Å². The molecule has 3 saturated carbocycles. The van der Waals surface area contributed by atoms with Gasteiger partial charge in [0, 0.05) is 19.5 Å². The lowest BCUT2D eigenvalue weighted by Gasteiger charge is -2.63. The van der Waals surface area contributed by atoms with E-state index in [0.717, 1.165) is 42.4 Å². The van der Waals surface area contributed by atoms with Crippen LogP contribution in [0, 0.1) is 34.5 Å². The molecule has 0 N–H and O–H groups in total. The highest BCUT2D eigenvalue weighted by molar-refractivity contribution is 5.77. The Morgan fingerprint density at radius 2 is 1.68 bits per heavy atom. The van der Waals surface area contributed by atoms with Gasteiger partial charge in [0.1, 0.15) is 0 Å². The Hall–Kier alpha value is -1.31. The molecule has 1 aliphatic heterocycles. The minimum Gasteiger partial charge on any atom is -0.342 e. The molecule has 2 nitrogen and oxygen atoms in total. The Balaban J connectivity index is 1.49. The van der Waals surface area contributed by atoms with Crippen molar-refractivity contribution in [3.05, 3.63) is 35.9 Å². The van der Waals surface area contributed by atoms with E-state index in [2.05, 4.69) is 63.1 Å². The number of fused-ring (bicyclic) bond motifs is 5. The zero-order chi connectivity index (χ0) is 19.7. The van der Waals surface area contributed by atoms with Gasteiger partial charge in [-0.25, -0.2) is 0 Å². The van der Waals surface area contributed by atoms with Crippen molar-refractivity contribution in [1.82, 2.24) is 4.90 Å². The van der Waals surface area contributed by atoms with E-state index < -0.39 is 0 Å². The molecule has 0 unspecified atom stereocenters. The van der Waals surface area contributed by atoms with Crippen LogP contribution in [-0.4, -0.2) is 23.9 Å². The summed E-state index contributed by atoms with van der Waals surface area (Å²) in [5, 5.41) is 0. The second-order valence-electron chi connectivity index (χ2n) is 11.1. The lowest BCUT2D eigenvalue weighted by Crippen LogP contribution is -2.63. The molecule has 0 aromatic heterocycles. The number of rotatable bonds is 1. The van der Waals surface area contributed by atoms with E-state index in [9.17, 15) is 4.79 Å². The largest absolute Gasteiger partial charge is 0.342 e. The third kappa shape index (κ3) is 2.42. The molecule has 0 bridgehead atoms. The number of carbonyl (C=O) groups excluding carboxylic acids is 1. The fourth-order valence-electron chi connectivity index (χ4n) is 8.70. The molecule has 5 rings (SSSR count). The summed E-state index contributed by atoms with van der Waals surface area (Å²) in [6.45, 7) is 7.67. The Morgan fingerprint density at radius 1 is 0.964 bits per heavy atom. The molecule has 1 amide bonds. The fraction of sp³-hybridized carbons (Fsp3) is 0.731. The zero-order valence-corrected chi connectivity index (χ0v) is 18.2. The maximum atomic E-state index is 12.4. The number of likely N-dealkylation sites (tertiary alicyclic amines) is 1. The number of hydrogen-bond acceptors (Lipinski definition) is 1. The van der Waals surface area contributed by atoms with Crippen LogP contribution >= 0.6 is 0 Å². The highest BCUT2D eigenvalue weighted by atomic mass is 16.2. The highest BCUT2D eigenvalue weighted by Crippen LogP contribution is 2.68. The molecule has 0 radical (unpaired) electrons. The first-order valence-electron chi connectivity index (χ1n) is 11.7. The quantitative estimate of drug-likeness (QED) is 0.597. The third-order valence-corrected chi connectivity index (χ3v) is 10.1. The molecule has 1 saturated heterocycles. The zero-order valence-electron chi connectivity index (χ0n) is 18.2. The summed E-state index contributed by atoms with van der Waals surface area (Å²) in [6, 6.07) is 11.8. The van der Waals surface area contributed by atoms with Crippen molar-refractivity contribution in [2.45, 2.75) is 77.7 Å². The van der Waals surface area contributed by atoms with Crippen LogP contribution in [0.5, 0.6) is 0 Å². The molecule has 3 aliphatic carbocycles. The maximum absolute atomic E-state index is 12.4. The molecule has 0 spiro atoms. The van der Waals surface area contributed by atoms with Crippen molar-refractivity contribution in [1.29, 1.82) is 0 Å². The summed E-state index contributed by atoms with van der Waals surface area (Å²) >= 11 is 0. The van der Waals surface area contributed by atoms with Gasteiger partial charge in [0.05, 0.1) is 0 Å². The van der Waals surface area contributed by atoms with Gasteiger partial charge in [-0.2, -0.15) is 0 Å². The summed E-state index contributed by atoms with van der Waals surface area (Å²) in [4.78, 5) is 14.5. The van der Waals surface area contributed by atoms with Crippen LogP contribution in [0.15, 0.2) is 30.3 Å². The lowest BCUT2D eigenvalue weighted by atomic mass is 9.44. The van der Waals surface area contributed by atoms with Crippen molar-refractivity contribution >= 4 is 5.91 Å². The minimum absolute atomic E-state index is 0.325. The third-order valence-electron chi connectivity index (χ3n) is 10.1. The smallest absolute Gasteiger partial charge is 0.222 e. The average Bonchev–Trinajstić information content (AvgIpc) is 3.05. The van der Waals surface area contributed by atoms with Gasteiger partial charge < -0.3 is 4.90 Å². The van der Waals surface area contributed by atoms with Crippen LogP contribution in [0.2, 0.25) is 0 Å². The van der Waals surface area contributed by atoms with Gasteiger partial charge in [-0.3, -0.25) is 4.79 Å². The summed E-state index contributed by atoms with van der Waals surface area (Å²) in [7, 11) is 2.07. The molecule has 8 atom stereocenters. The number of hydrogen-bond donors (Lipinski definition) is 0. The van der Waals surface area contributed by atoms with Crippen LogP contribution in [0.25, 0.3) is 0 Å². The molecule has 1 aromatic rings. The van der Waals surface area contributed by atoms with Gasteiger partial charge in [-0.15, -0.1) is 0 Å². The molecule has 4 fully saturated rings. The van der Waals surface area contributed by atoms with Crippen molar-refractivity contribution in [2.24, 2.45) is 34.5 Å². The van der Waals surface area contributed by atoms with E-state index in [0.29, 0.717) is 22.8 Å². The van der Waals surface area contributed by atoms with E-state index >= 15 is 0 Å². The van der Waals surface area contributed by atoms with Crippen molar-refractivity contribution in [3.63, 3.8) is 0 Å². The number of carbonyl (C=O) groups is 1. The normalized spacial score (nSPS) is 48.0. The van der Waals surface area contributed by atoms with Crippen molar-refractivity contribution < 1.29 is 4.79 Å². The Morgan fingerprint density at radius 3 is 2.43 bits per heavy atom. The Labute approximate surface area is 171 Å². The number of amides is 1. The molecule has 28 heavy (non-hydrogen) atoms. The number of nitrogens with zero attached hydrogens (tertiary/aromatic N) is 1. The lowest BCUT2D eigenvalue weighted by molar-refractivity contribution is -0.165. The first kappa shape index (κ1) is 18.7. The van der Waals surface area contributed by atoms with Gasteiger partial charge in [-0.05, 0) is 84.5 Å². The van der Waals surface area contributed by atoms with Crippen molar-refractivity contribution in [3.8, 4) is 0 Å².